The van der Waals surface area contributed by atoms with E-state index in [0.29, 0.717) is 6.42 Å². The molecule has 0 aliphatic carbocycles. The number of Topliss-reactive ketones (excluding diaryl/α,β-unsaturated/α-hetero) is 1. The average Bonchev–Trinajstić information content (AvgIpc) is 2.17. The number of benzene rings is 1. The van der Waals surface area contributed by atoms with Gasteiger partial charge in [0.1, 0.15) is 5.78 Å². The Kier molecular flexibility index (Phi) is 4.69. The first-order valence-electron chi connectivity index (χ1n) is 4.38. The predicted octanol–water partition coefficient (Wildman–Crippen LogP) is 3.43. The van der Waals surface area contributed by atoms with E-state index in [2.05, 4.69) is 28.1 Å². The largest absolute Gasteiger partial charge is 0.300 e. The molecule has 0 amide bonds. The molecular formula is C11H13BrOS. The van der Waals surface area contributed by atoms with Gasteiger partial charge in [0.2, 0.25) is 0 Å². The summed E-state index contributed by atoms with van der Waals surface area (Å²) in [7, 11) is 0. The molecule has 0 aliphatic rings. The van der Waals surface area contributed by atoms with Crippen molar-refractivity contribution < 1.29 is 4.79 Å². The number of alkyl halides is 1. The third-order valence-corrected chi connectivity index (χ3v) is 3.41. The second-order valence-electron chi connectivity index (χ2n) is 3.16. The Morgan fingerprint density at radius 1 is 1.50 bits per heavy atom. The molecule has 0 saturated carbocycles. The van der Waals surface area contributed by atoms with Gasteiger partial charge in [-0.15, -0.1) is 11.8 Å². The van der Waals surface area contributed by atoms with Gasteiger partial charge in [-0.2, -0.15) is 0 Å². The first-order valence-corrected chi connectivity index (χ1v) is 6.73. The van der Waals surface area contributed by atoms with Gasteiger partial charge in [-0.3, -0.25) is 4.79 Å². The van der Waals surface area contributed by atoms with Gasteiger partial charge in [0, 0.05) is 16.6 Å². The van der Waals surface area contributed by atoms with Crippen LogP contribution in [0.1, 0.15) is 18.1 Å². The van der Waals surface area contributed by atoms with E-state index in [9.17, 15) is 4.79 Å². The average molecular weight is 273 g/mol. The number of halogens is 1. The van der Waals surface area contributed by atoms with Gasteiger partial charge in [-0.1, -0.05) is 28.1 Å². The molecule has 1 aromatic rings. The van der Waals surface area contributed by atoms with Gasteiger partial charge in [0.05, 0.1) is 0 Å². The Morgan fingerprint density at radius 3 is 2.71 bits per heavy atom. The van der Waals surface area contributed by atoms with Crippen molar-refractivity contribution in [2.24, 2.45) is 0 Å². The highest BCUT2D eigenvalue weighted by Gasteiger charge is 2.04. The molecule has 0 saturated heterocycles. The van der Waals surface area contributed by atoms with Crippen molar-refractivity contribution in [1.29, 1.82) is 0 Å². The summed E-state index contributed by atoms with van der Waals surface area (Å²) < 4.78 is 0. The molecule has 0 aromatic heterocycles. The van der Waals surface area contributed by atoms with E-state index < -0.39 is 0 Å². The second-order valence-corrected chi connectivity index (χ2v) is 4.57. The van der Waals surface area contributed by atoms with E-state index >= 15 is 0 Å². The van der Waals surface area contributed by atoms with E-state index in [0.717, 1.165) is 10.9 Å². The van der Waals surface area contributed by atoms with Gasteiger partial charge in [-0.25, -0.2) is 0 Å². The van der Waals surface area contributed by atoms with E-state index in [1.807, 2.05) is 12.3 Å². The van der Waals surface area contributed by atoms with Gasteiger partial charge in [-0.05, 0) is 30.4 Å². The molecule has 1 rings (SSSR count). The highest BCUT2D eigenvalue weighted by molar-refractivity contribution is 9.08. The molecule has 76 valence electrons. The summed E-state index contributed by atoms with van der Waals surface area (Å²) in [4.78, 5) is 12.2. The van der Waals surface area contributed by atoms with Gasteiger partial charge < -0.3 is 0 Å². The van der Waals surface area contributed by atoms with Crippen LogP contribution in [0.5, 0.6) is 0 Å². The lowest BCUT2D eigenvalue weighted by Gasteiger charge is -2.07. The fourth-order valence-electron chi connectivity index (χ4n) is 1.29. The molecule has 3 heteroatoms. The van der Waals surface area contributed by atoms with Crippen molar-refractivity contribution in [1.82, 2.24) is 0 Å². The fourth-order valence-corrected chi connectivity index (χ4v) is 2.31. The van der Waals surface area contributed by atoms with Crippen LogP contribution in [0.4, 0.5) is 0 Å². The second kappa shape index (κ2) is 5.56. The molecule has 0 N–H and O–H groups in total. The molecule has 1 nitrogen and oxygen atoms in total. The maximum absolute atomic E-state index is 11.0. The SMILES string of the molecule is CSc1cc(CBr)ccc1CC(C)=O. The van der Waals surface area contributed by atoms with Gasteiger partial charge >= 0.3 is 0 Å². The molecular weight excluding hydrogens is 260 g/mol. The number of carbonyl (C=O) groups excluding carboxylic acids is 1. The van der Waals surface area contributed by atoms with Crippen LogP contribution in [0.3, 0.4) is 0 Å². The van der Waals surface area contributed by atoms with Crippen molar-refractivity contribution in [2.45, 2.75) is 23.6 Å². The summed E-state index contributed by atoms with van der Waals surface area (Å²) >= 11 is 5.11. The predicted molar refractivity (Wildman–Crippen MR) is 65.2 cm³/mol. The Labute approximate surface area is 97.4 Å². The minimum atomic E-state index is 0.215. The van der Waals surface area contributed by atoms with Crippen LogP contribution in [0.25, 0.3) is 0 Å². The van der Waals surface area contributed by atoms with Crippen LogP contribution < -0.4 is 0 Å². The highest BCUT2D eigenvalue weighted by atomic mass is 79.9. The number of carbonyl (C=O) groups is 1. The summed E-state index contributed by atoms with van der Waals surface area (Å²) in [5, 5.41) is 0.862. The van der Waals surface area contributed by atoms with Crippen molar-refractivity contribution in [3.63, 3.8) is 0 Å². The first kappa shape index (κ1) is 11.8. The zero-order chi connectivity index (χ0) is 10.6. The van der Waals surface area contributed by atoms with Crippen LogP contribution >= 0.6 is 27.7 Å². The Morgan fingerprint density at radius 2 is 2.21 bits per heavy atom. The van der Waals surface area contributed by atoms with Gasteiger partial charge in [0.15, 0.2) is 0 Å². The Bertz CT molecular complexity index is 336. The molecule has 14 heavy (non-hydrogen) atoms. The topological polar surface area (TPSA) is 17.1 Å². The van der Waals surface area contributed by atoms with Crippen LogP contribution in [0.2, 0.25) is 0 Å². The van der Waals surface area contributed by atoms with Crippen LogP contribution in [-0.2, 0) is 16.5 Å². The van der Waals surface area contributed by atoms with E-state index in [1.54, 1.807) is 18.7 Å². The normalized spacial score (nSPS) is 10.2. The molecule has 0 fully saturated rings. The zero-order valence-electron chi connectivity index (χ0n) is 8.34. The van der Waals surface area contributed by atoms with Crippen LogP contribution in [0, 0.1) is 0 Å². The molecule has 0 bridgehead atoms. The zero-order valence-corrected chi connectivity index (χ0v) is 10.7. The summed E-state index contributed by atoms with van der Waals surface area (Å²) in [5.41, 5.74) is 2.39. The molecule has 0 atom stereocenters. The maximum atomic E-state index is 11.0. The van der Waals surface area contributed by atoms with Crippen molar-refractivity contribution in [3.8, 4) is 0 Å². The summed E-state index contributed by atoms with van der Waals surface area (Å²) in [5.74, 6) is 0.215. The van der Waals surface area contributed by atoms with E-state index in [4.69, 9.17) is 0 Å². The molecule has 0 radical (unpaired) electrons. The Balaban J connectivity index is 2.98. The minimum Gasteiger partial charge on any atom is -0.300 e. The summed E-state index contributed by atoms with van der Waals surface area (Å²) in [6.07, 6.45) is 2.58. The van der Waals surface area contributed by atoms with E-state index in [1.165, 1.54) is 10.5 Å². The lowest BCUT2D eigenvalue weighted by Crippen LogP contribution is -1.98. The van der Waals surface area contributed by atoms with E-state index in [-0.39, 0.29) is 5.78 Å². The first-order chi connectivity index (χ1) is 6.67. The number of rotatable bonds is 4. The van der Waals surface area contributed by atoms with Crippen molar-refractivity contribution >= 4 is 33.5 Å². The molecule has 0 heterocycles. The third kappa shape index (κ3) is 3.14. The molecule has 0 unspecified atom stereocenters. The monoisotopic (exact) mass is 272 g/mol. The maximum Gasteiger partial charge on any atom is 0.134 e. The number of hydrogen-bond acceptors (Lipinski definition) is 2. The highest BCUT2D eigenvalue weighted by Crippen LogP contribution is 2.23. The third-order valence-electron chi connectivity index (χ3n) is 1.95. The standard InChI is InChI=1S/C11H13BrOS/c1-8(13)5-10-4-3-9(7-12)6-11(10)14-2/h3-4,6H,5,7H2,1-2H3. The lowest BCUT2D eigenvalue weighted by molar-refractivity contribution is -0.116. The van der Waals surface area contributed by atoms with Crippen LogP contribution in [0.15, 0.2) is 23.1 Å². The molecule has 0 spiro atoms. The minimum absolute atomic E-state index is 0.215. The number of hydrogen-bond donors (Lipinski definition) is 0. The quantitative estimate of drug-likeness (QED) is 0.617. The van der Waals surface area contributed by atoms with Crippen molar-refractivity contribution in [3.05, 3.63) is 29.3 Å². The number of ketones is 1. The fraction of sp³-hybridized carbons (Fsp3) is 0.364. The van der Waals surface area contributed by atoms with Gasteiger partial charge in [0.25, 0.3) is 0 Å². The lowest BCUT2D eigenvalue weighted by atomic mass is 10.1. The van der Waals surface area contributed by atoms with Crippen molar-refractivity contribution in [2.75, 3.05) is 6.26 Å². The molecule has 1 aromatic carbocycles. The smallest absolute Gasteiger partial charge is 0.134 e. The summed E-state index contributed by atoms with van der Waals surface area (Å²) in [6, 6.07) is 6.24. The number of thioether (sulfide) groups is 1. The molecule has 0 aliphatic heterocycles. The van der Waals surface area contributed by atoms with Crippen LogP contribution in [-0.4, -0.2) is 12.0 Å². The summed E-state index contributed by atoms with van der Waals surface area (Å²) in [6.45, 7) is 1.63. The Hall–Kier alpha value is -0.280.